The Morgan fingerprint density at radius 2 is 1.71 bits per heavy atom. The number of nitrogens with one attached hydrogen (secondary N) is 1. The lowest BCUT2D eigenvalue weighted by molar-refractivity contribution is 0.172. The molecule has 2 N–H and O–H groups in total. The van der Waals surface area contributed by atoms with Gasteiger partial charge in [0.05, 0.1) is 20.8 Å². The molecule has 0 amide bonds. The number of rotatable bonds is 7. The number of guanidine groups is 1. The minimum atomic E-state index is 0.00867. The average molecular weight is 427 g/mol. The molecule has 7 heteroatoms. The number of phenolic OH excluding ortho intramolecular Hbond substituents is 1. The lowest BCUT2D eigenvalue weighted by atomic mass is 10.1. The zero-order chi connectivity index (χ0) is 22.2. The lowest BCUT2D eigenvalue weighted by Gasteiger charge is -2.36. The van der Waals surface area contributed by atoms with Crippen LogP contribution in [0.4, 0.5) is 0 Å². The quantitative estimate of drug-likeness (QED) is 0.524. The van der Waals surface area contributed by atoms with Gasteiger partial charge in [-0.25, -0.2) is 4.99 Å². The van der Waals surface area contributed by atoms with Crippen LogP contribution in [0.3, 0.4) is 0 Å². The van der Waals surface area contributed by atoms with Crippen LogP contribution < -0.4 is 14.8 Å². The predicted molar refractivity (Wildman–Crippen MR) is 124 cm³/mol. The van der Waals surface area contributed by atoms with Crippen LogP contribution in [0.15, 0.2) is 41.4 Å². The number of phenols is 1. The van der Waals surface area contributed by atoms with Crippen molar-refractivity contribution in [1.82, 2.24) is 15.1 Å². The largest absolute Gasteiger partial charge is 0.502 e. The van der Waals surface area contributed by atoms with Gasteiger partial charge in [-0.15, -0.1) is 0 Å². The molecule has 0 saturated carbocycles. The van der Waals surface area contributed by atoms with Gasteiger partial charge < -0.3 is 24.8 Å². The highest BCUT2D eigenvalue weighted by molar-refractivity contribution is 5.80. The lowest BCUT2D eigenvalue weighted by Crippen LogP contribution is -2.52. The number of hydrogen-bond donors (Lipinski definition) is 2. The molecule has 0 spiro atoms. The van der Waals surface area contributed by atoms with Crippen molar-refractivity contribution in [1.29, 1.82) is 0 Å². The summed E-state index contributed by atoms with van der Waals surface area (Å²) >= 11 is 0. The summed E-state index contributed by atoms with van der Waals surface area (Å²) in [5.41, 5.74) is 3.59. The molecule has 168 valence electrons. The van der Waals surface area contributed by atoms with Gasteiger partial charge in [-0.3, -0.25) is 4.90 Å². The van der Waals surface area contributed by atoms with E-state index in [-0.39, 0.29) is 5.75 Å². The molecule has 1 aliphatic rings. The van der Waals surface area contributed by atoms with Crippen LogP contribution in [-0.2, 0) is 13.1 Å². The number of aromatic hydroxyl groups is 1. The monoisotopic (exact) mass is 426 g/mol. The van der Waals surface area contributed by atoms with Crippen molar-refractivity contribution < 1.29 is 14.6 Å². The molecule has 0 aromatic heterocycles. The third-order valence-corrected chi connectivity index (χ3v) is 5.45. The number of piperazine rings is 1. The predicted octanol–water partition coefficient (Wildman–Crippen LogP) is 3.00. The van der Waals surface area contributed by atoms with E-state index < -0.39 is 0 Å². The molecule has 0 unspecified atom stereocenters. The number of nitrogens with zero attached hydrogens (tertiary/aromatic N) is 3. The third-order valence-electron chi connectivity index (χ3n) is 5.45. The molecule has 0 radical (unpaired) electrons. The molecule has 2 aromatic carbocycles. The van der Waals surface area contributed by atoms with Crippen LogP contribution in [0.25, 0.3) is 0 Å². The molecule has 1 saturated heterocycles. The number of methoxy groups -OCH3 is 2. The first-order valence-electron chi connectivity index (χ1n) is 10.8. The highest BCUT2D eigenvalue weighted by atomic mass is 16.5. The fourth-order valence-corrected chi connectivity index (χ4v) is 3.82. The van der Waals surface area contributed by atoms with Crippen molar-refractivity contribution >= 4 is 5.96 Å². The second kappa shape index (κ2) is 10.9. The van der Waals surface area contributed by atoms with Gasteiger partial charge in [-0.2, -0.15) is 0 Å². The van der Waals surface area contributed by atoms with Gasteiger partial charge in [-0.1, -0.05) is 29.8 Å². The van der Waals surface area contributed by atoms with E-state index in [0.717, 1.165) is 50.8 Å². The highest BCUT2D eigenvalue weighted by Crippen LogP contribution is 2.37. The summed E-state index contributed by atoms with van der Waals surface area (Å²) in [5, 5.41) is 13.5. The van der Waals surface area contributed by atoms with Crippen LogP contribution in [0.2, 0.25) is 0 Å². The van der Waals surface area contributed by atoms with Gasteiger partial charge >= 0.3 is 0 Å². The maximum Gasteiger partial charge on any atom is 0.200 e. The number of hydrogen-bond acceptors (Lipinski definition) is 5. The maximum atomic E-state index is 10.1. The maximum absolute atomic E-state index is 10.1. The summed E-state index contributed by atoms with van der Waals surface area (Å²) in [6.45, 7) is 10.3. The Hall–Kier alpha value is -2.93. The van der Waals surface area contributed by atoms with Crippen LogP contribution in [0.5, 0.6) is 17.2 Å². The van der Waals surface area contributed by atoms with Crippen molar-refractivity contribution in [3.05, 3.63) is 53.1 Å². The smallest absolute Gasteiger partial charge is 0.200 e. The Bertz CT molecular complexity index is 867. The van der Waals surface area contributed by atoms with E-state index in [0.29, 0.717) is 18.0 Å². The highest BCUT2D eigenvalue weighted by Gasteiger charge is 2.20. The number of ether oxygens (including phenoxy) is 2. The zero-order valence-corrected chi connectivity index (χ0v) is 19.0. The van der Waals surface area contributed by atoms with E-state index in [2.05, 4.69) is 53.2 Å². The third kappa shape index (κ3) is 6.04. The van der Waals surface area contributed by atoms with Crippen molar-refractivity contribution in [2.75, 3.05) is 46.9 Å². The summed E-state index contributed by atoms with van der Waals surface area (Å²) in [6.07, 6.45) is 0. The summed E-state index contributed by atoms with van der Waals surface area (Å²) in [4.78, 5) is 9.63. The summed E-state index contributed by atoms with van der Waals surface area (Å²) in [5.74, 6) is 1.69. The molecule has 0 atom stereocenters. The van der Waals surface area contributed by atoms with Crippen LogP contribution >= 0.6 is 0 Å². The molecule has 0 aliphatic carbocycles. The number of aryl methyl sites for hydroxylation is 1. The standard InChI is InChI=1S/C24H34N4O3/c1-5-25-24(26-16-20-14-21(30-3)23(29)22(15-20)31-4)28-11-9-27(10-12-28)17-19-8-6-7-18(2)13-19/h6-8,13-15,29H,5,9-12,16-17H2,1-4H3,(H,25,26). The Kier molecular flexibility index (Phi) is 8.00. The van der Waals surface area contributed by atoms with Crippen molar-refractivity contribution in [3.63, 3.8) is 0 Å². The minimum absolute atomic E-state index is 0.00867. The molecular weight excluding hydrogens is 392 g/mol. The van der Waals surface area contributed by atoms with Crippen molar-refractivity contribution in [3.8, 4) is 17.2 Å². The average Bonchev–Trinajstić information content (AvgIpc) is 2.78. The molecule has 1 aliphatic heterocycles. The zero-order valence-electron chi connectivity index (χ0n) is 19.0. The van der Waals surface area contributed by atoms with E-state index >= 15 is 0 Å². The van der Waals surface area contributed by atoms with Gasteiger partial charge in [0.15, 0.2) is 17.5 Å². The minimum Gasteiger partial charge on any atom is -0.502 e. The Balaban J connectivity index is 1.64. The Morgan fingerprint density at radius 1 is 1.03 bits per heavy atom. The fraction of sp³-hybridized carbons (Fsp3) is 0.458. The summed E-state index contributed by atoms with van der Waals surface area (Å²) in [7, 11) is 3.06. The van der Waals surface area contributed by atoms with Gasteiger partial charge in [0.25, 0.3) is 0 Å². The molecule has 0 bridgehead atoms. The molecule has 1 heterocycles. The first-order valence-corrected chi connectivity index (χ1v) is 10.8. The van der Waals surface area contributed by atoms with Gasteiger partial charge in [-0.05, 0) is 37.1 Å². The molecule has 1 fully saturated rings. The van der Waals surface area contributed by atoms with Crippen molar-refractivity contribution in [2.45, 2.75) is 26.9 Å². The molecule has 3 rings (SSSR count). The molecule has 2 aromatic rings. The molecule has 7 nitrogen and oxygen atoms in total. The SMILES string of the molecule is CCNC(=NCc1cc(OC)c(O)c(OC)c1)N1CCN(Cc2cccc(C)c2)CC1. The summed E-state index contributed by atoms with van der Waals surface area (Å²) in [6, 6.07) is 12.3. The number of benzene rings is 2. The van der Waals surface area contributed by atoms with Crippen LogP contribution in [0, 0.1) is 6.92 Å². The van der Waals surface area contributed by atoms with E-state index in [9.17, 15) is 5.11 Å². The number of aliphatic imine (C=N–C) groups is 1. The molecular formula is C24H34N4O3. The van der Waals surface area contributed by atoms with E-state index in [1.54, 1.807) is 12.1 Å². The van der Waals surface area contributed by atoms with E-state index in [4.69, 9.17) is 14.5 Å². The van der Waals surface area contributed by atoms with Gasteiger partial charge in [0.2, 0.25) is 5.75 Å². The topological polar surface area (TPSA) is 69.6 Å². The first-order chi connectivity index (χ1) is 15.0. The molecule has 31 heavy (non-hydrogen) atoms. The fourth-order valence-electron chi connectivity index (χ4n) is 3.82. The van der Waals surface area contributed by atoms with Crippen molar-refractivity contribution in [2.24, 2.45) is 4.99 Å². The van der Waals surface area contributed by atoms with Crippen LogP contribution in [0.1, 0.15) is 23.6 Å². The van der Waals surface area contributed by atoms with Crippen LogP contribution in [-0.4, -0.2) is 67.8 Å². The second-order valence-electron chi connectivity index (χ2n) is 7.77. The van der Waals surface area contributed by atoms with Gasteiger partial charge in [0.1, 0.15) is 0 Å². The Labute approximate surface area is 185 Å². The first kappa shape index (κ1) is 22.7. The second-order valence-corrected chi connectivity index (χ2v) is 7.77. The normalized spacial score (nSPS) is 15.1. The Morgan fingerprint density at radius 3 is 2.29 bits per heavy atom. The van der Waals surface area contributed by atoms with E-state index in [1.807, 2.05) is 0 Å². The van der Waals surface area contributed by atoms with E-state index in [1.165, 1.54) is 25.3 Å². The summed E-state index contributed by atoms with van der Waals surface area (Å²) < 4.78 is 10.5. The van der Waals surface area contributed by atoms with Gasteiger partial charge in [0, 0.05) is 39.3 Å².